The molecule has 3 saturated heterocycles. The highest BCUT2D eigenvalue weighted by molar-refractivity contribution is 7.90. The first-order valence-corrected chi connectivity index (χ1v) is 13.3. The van der Waals surface area contributed by atoms with Crippen molar-refractivity contribution >= 4 is 32.7 Å². The minimum atomic E-state index is -5.31. The van der Waals surface area contributed by atoms with E-state index in [1.54, 1.807) is 7.11 Å². The summed E-state index contributed by atoms with van der Waals surface area (Å²) < 4.78 is 68.1. The molecule has 1 aromatic carbocycles. The van der Waals surface area contributed by atoms with E-state index in [0.717, 1.165) is 37.1 Å². The van der Waals surface area contributed by atoms with Crippen LogP contribution in [-0.4, -0.2) is 91.6 Å². The molecular weight excluding hydrogens is 485 g/mol. The summed E-state index contributed by atoms with van der Waals surface area (Å²) in [7, 11) is -3.74. The van der Waals surface area contributed by atoms with Gasteiger partial charge in [0.25, 0.3) is 0 Å². The normalized spacial score (nSPS) is 21.4. The monoisotopic (exact) mass is 514 g/mol. The van der Waals surface area contributed by atoms with Crippen molar-refractivity contribution in [2.45, 2.75) is 43.3 Å². The fourth-order valence-electron chi connectivity index (χ4n) is 5.01. The highest BCUT2D eigenvalue weighted by Crippen LogP contribution is 2.33. The maximum atomic E-state index is 12.9. The van der Waals surface area contributed by atoms with Gasteiger partial charge in [0.05, 0.1) is 12.6 Å². The van der Waals surface area contributed by atoms with Gasteiger partial charge < -0.3 is 15.0 Å². The smallest absolute Gasteiger partial charge is 0.497 e. The summed E-state index contributed by atoms with van der Waals surface area (Å²) in [6.45, 7) is 3.56. The van der Waals surface area contributed by atoms with Crippen molar-refractivity contribution in [3.8, 4) is 5.75 Å². The third-order valence-electron chi connectivity index (χ3n) is 7.12. The first-order valence-electron chi connectivity index (χ1n) is 11.8. The van der Waals surface area contributed by atoms with Gasteiger partial charge in [-0.25, -0.2) is 13.4 Å². The van der Waals surface area contributed by atoms with Crippen LogP contribution in [0.3, 0.4) is 0 Å². The summed E-state index contributed by atoms with van der Waals surface area (Å²) in [6, 6.07) is 5.80. The minimum Gasteiger partial charge on any atom is -0.497 e. The van der Waals surface area contributed by atoms with E-state index in [0.29, 0.717) is 27.9 Å². The lowest BCUT2D eigenvalue weighted by Gasteiger charge is -2.44. The van der Waals surface area contributed by atoms with Crippen molar-refractivity contribution in [3.63, 3.8) is 0 Å². The number of piperidine rings is 1. The second-order valence-electron chi connectivity index (χ2n) is 9.33. The van der Waals surface area contributed by atoms with Crippen LogP contribution in [0.5, 0.6) is 5.75 Å². The number of halogens is 3. The van der Waals surface area contributed by atoms with Crippen molar-refractivity contribution in [2.75, 3.05) is 56.6 Å². The number of methoxy groups -OCH3 is 1. The number of nitrogens with one attached hydrogen (secondary N) is 1. The highest BCUT2D eigenvalue weighted by atomic mass is 32.2. The average Bonchev–Trinajstić information content (AvgIpc) is 3.32. The molecular formula is C22H29F3N6O3S. The summed E-state index contributed by atoms with van der Waals surface area (Å²) in [5.41, 5.74) is -4.55. The van der Waals surface area contributed by atoms with Crippen LogP contribution >= 0.6 is 0 Å². The van der Waals surface area contributed by atoms with Gasteiger partial charge in [-0.05, 0) is 57.0 Å². The lowest BCUT2D eigenvalue weighted by atomic mass is 10.1. The summed E-state index contributed by atoms with van der Waals surface area (Å²) in [6.07, 6.45) is 2.95. The van der Waals surface area contributed by atoms with E-state index >= 15 is 0 Å². The molecule has 0 amide bonds. The third-order valence-corrected chi connectivity index (χ3v) is 8.75. The van der Waals surface area contributed by atoms with E-state index in [1.807, 2.05) is 18.2 Å². The molecule has 0 saturated carbocycles. The van der Waals surface area contributed by atoms with Gasteiger partial charge in [0.1, 0.15) is 11.6 Å². The van der Waals surface area contributed by atoms with E-state index in [9.17, 15) is 21.6 Å². The molecule has 9 nitrogen and oxygen atoms in total. The Morgan fingerprint density at radius 2 is 1.74 bits per heavy atom. The van der Waals surface area contributed by atoms with Crippen LogP contribution in [0, 0.1) is 0 Å². The molecule has 5 rings (SSSR count). The number of nitrogens with zero attached hydrogens (tertiary/aromatic N) is 5. The minimum absolute atomic E-state index is 0.206. The van der Waals surface area contributed by atoms with Gasteiger partial charge in [-0.2, -0.15) is 22.5 Å². The van der Waals surface area contributed by atoms with Crippen LogP contribution in [0.2, 0.25) is 0 Å². The number of fused-ring (bicyclic) bond motifs is 1. The van der Waals surface area contributed by atoms with Crippen LogP contribution in [0.4, 0.5) is 24.9 Å². The van der Waals surface area contributed by atoms with E-state index in [2.05, 4.69) is 15.1 Å². The Hall–Kier alpha value is -2.38. The number of likely N-dealkylation sites (tertiary alicyclic amines) is 1. The number of aromatic nitrogens is 2. The average molecular weight is 515 g/mol. The SMILES string of the molecule is COc1ccc2nc(N3CC(N4CCCC4)C3)nc(NC3CCN(S(=O)(=O)C(F)(F)F)CC3)c2c1. The van der Waals surface area contributed by atoms with Gasteiger partial charge in [-0.15, -0.1) is 0 Å². The van der Waals surface area contributed by atoms with Crippen LogP contribution in [0.25, 0.3) is 10.9 Å². The van der Waals surface area contributed by atoms with Gasteiger partial charge in [0.2, 0.25) is 5.95 Å². The summed E-state index contributed by atoms with van der Waals surface area (Å²) in [4.78, 5) is 14.2. The maximum Gasteiger partial charge on any atom is 0.511 e. The second kappa shape index (κ2) is 9.25. The Bertz CT molecular complexity index is 1170. The van der Waals surface area contributed by atoms with E-state index in [4.69, 9.17) is 14.7 Å². The first kappa shape index (κ1) is 24.3. The second-order valence-corrected chi connectivity index (χ2v) is 11.3. The Kier molecular flexibility index (Phi) is 6.43. The number of anilines is 2. The zero-order valence-electron chi connectivity index (χ0n) is 19.5. The van der Waals surface area contributed by atoms with Gasteiger partial charge in [-0.3, -0.25) is 4.90 Å². The summed E-state index contributed by atoms with van der Waals surface area (Å²) in [5, 5.41) is 4.09. The molecule has 3 aliphatic heterocycles. The Labute approximate surface area is 202 Å². The van der Waals surface area contributed by atoms with Gasteiger partial charge in [0, 0.05) is 43.6 Å². The molecule has 35 heavy (non-hydrogen) atoms. The van der Waals surface area contributed by atoms with Gasteiger partial charge in [0.15, 0.2) is 0 Å². The van der Waals surface area contributed by atoms with Crippen LogP contribution < -0.4 is 15.0 Å². The fraction of sp³-hybridized carbons (Fsp3) is 0.636. The maximum absolute atomic E-state index is 12.9. The number of alkyl halides is 3. The lowest BCUT2D eigenvalue weighted by molar-refractivity contribution is -0.0494. The number of hydrogen-bond acceptors (Lipinski definition) is 8. The standard InChI is InChI=1S/C22H29F3N6O3S/c1-34-17-4-5-19-18(12-17)20(26-15-6-10-31(11-7-15)35(32,33)22(23,24)25)28-21(27-19)30-13-16(14-30)29-8-2-3-9-29/h4-5,12,15-16H,2-3,6-11,13-14H2,1H3,(H,26,27,28). The van der Waals surface area contributed by atoms with Crippen molar-refractivity contribution in [2.24, 2.45) is 0 Å². The molecule has 0 radical (unpaired) electrons. The molecule has 0 bridgehead atoms. The van der Waals surface area contributed by atoms with E-state index in [-0.39, 0.29) is 32.0 Å². The first-order chi connectivity index (χ1) is 16.7. The van der Waals surface area contributed by atoms with E-state index < -0.39 is 15.5 Å². The molecule has 1 aromatic heterocycles. The molecule has 0 unspecified atom stereocenters. The van der Waals surface area contributed by atoms with Crippen molar-refractivity contribution < 1.29 is 26.3 Å². The molecule has 192 valence electrons. The van der Waals surface area contributed by atoms with E-state index in [1.165, 1.54) is 12.8 Å². The van der Waals surface area contributed by atoms with Crippen LogP contribution in [0.1, 0.15) is 25.7 Å². The number of hydrogen-bond donors (Lipinski definition) is 1. The third kappa shape index (κ3) is 4.73. The van der Waals surface area contributed by atoms with Crippen LogP contribution in [0.15, 0.2) is 18.2 Å². The molecule has 4 heterocycles. The van der Waals surface area contributed by atoms with Gasteiger partial charge >= 0.3 is 15.5 Å². The number of rotatable bonds is 6. The van der Waals surface area contributed by atoms with Gasteiger partial charge in [-0.1, -0.05) is 0 Å². The summed E-state index contributed by atoms with van der Waals surface area (Å²) >= 11 is 0. The predicted molar refractivity (Wildman–Crippen MR) is 126 cm³/mol. The van der Waals surface area contributed by atoms with Crippen molar-refractivity contribution in [1.29, 1.82) is 0 Å². The molecule has 0 spiro atoms. The molecule has 0 atom stereocenters. The quantitative estimate of drug-likeness (QED) is 0.629. The molecule has 13 heteroatoms. The van der Waals surface area contributed by atoms with Crippen molar-refractivity contribution in [1.82, 2.24) is 19.2 Å². The fourth-order valence-corrected chi connectivity index (χ4v) is 5.99. The summed E-state index contributed by atoms with van der Waals surface area (Å²) in [5.74, 6) is 1.82. The molecule has 0 aliphatic carbocycles. The zero-order valence-corrected chi connectivity index (χ0v) is 20.3. The number of sulfonamides is 1. The predicted octanol–water partition coefficient (Wildman–Crippen LogP) is 2.65. The molecule has 1 N–H and O–H groups in total. The number of ether oxygens (including phenoxy) is 1. The van der Waals surface area contributed by atoms with Crippen LogP contribution in [-0.2, 0) is 10.0 Å². The highest BCUT2D eigenvalue weighted by Gasteiger charge is 2.50. The Morgan fingerprint density at radius 3 is 2.37 bits per heavy atom. The van der Waals surface area contributed by atoms with Crippen molar-refractivity contribution in [3.05, 3.63) is 18.2 Å². The Balaban J connectivity index is 1.34. The Morgan fingerprint density at radius 1 is 1.06 bits per heavy atom. The molecule has 2 aromatic rings. The lowest BCUT2D eigenvalue weighted by Crippen LogP contribution is -2.59. The molecule has 3 fully saturated rings. The largest absolute Gasteiger partial charge is 0.511 e. The molecule has 3 aliphatic rings. The topological polar surface area (TPSA) is 90.9 Å². The number of benzene rings is 1. The zero-order chi connectivity index (χ0) is 24.8.